The molecular formula is C25H38N2O9S. The first-order valence-corrected chi connectivity index (χ1v) is 13.2. The molecule has 0 radical (unpaired) electrons. The van der Waals surface area contributed by atoms with E-state index in [1.807, 2.05) is 26.8 Å². The summed E-state index contributed by atoms with van der Waals surface area (Å²) in [6.07, 6.45) is -0.822. The van der Waals surface area contributed by atoms with Crippen LogP contribution in [0, 0.1) is 5.41 Å². The number of ether oxygens (including phenoxy) is 3. The summed E-state index contributed by atoms with van der Waals surface area (Å²) in [5, 5.41) is 4.79. The normalized spacial score (nSPS) is 13.3. The third kappa shape index (κ3) is 14.9. The van der Waals surface area contributed by atoms with Crippen LogP contribution in [0.3, 0.4) is 0 Å². The van der Waals surface area contributed by atoms with Gasteiger partial charge in [0.1, 0.15) is 17.9 Å². The fourth-order valence-electron chi connectivity index (χ4n) is 2.60. The molecule has 0 heterocycles. The lowest BCUT2D eigenvalue weighted by atomic mass is 9.99. The molecule has 2 N–H and O–H groups in total. The summed E-state index contributed by atoms with van der Waals surface area (Å²) in [5.74, 6) is -1.41. The van der Waals surface area contributed by atoms with Crippen LogP contribution in [0.5, 0.6) is 0 Å². The third-order valence-electron chi connectivity index (χ3n) is 4.28. The number of rotatable bonds is 11. The molecule has 0 aliphatic heterocycles. The van der Waals surface area contributed by atoms with Gasteiger partial charge in [0, 0.05) is 0 Å². The Morgan fingerprint density at radius 1 is 1.00 bits per heavy atom. The molecule has 0 spiro atoms. The highest BCUT2D eigenvalue weighted by Gasteiger charge is 2.24. The average molecular weight is 543 g/mol. The van der Waals surface area contributed by atoms with E-state index < -0.39 is 45.7 Å². The van der Waals surface area contributed by atoms with Crippen LogP contribution in [0.4, 0.5) is 9.59 Å². The molecule has 1 aromatic rings. The van der Waals surface area contributed by atoms with E-state index >= 15 is 0 Å². The quantitative estimate of drug-likeness (QED) is 0.185. The van der Waals surface area contributed by atoms with Gasteiger partial charge in [-0.3, -0.25) is 9.50 Å². The molecule has 1 aromatic carbocycles. The van der Waals surface area contributed by atoms with Crippen LogP contribution in [0.2, 0.25) is 0 Å². The summed E-state index contributed by atoms with van der Waals surface area (Å²) < 4.78 is 45.0. The maximum atomic E-state index is 12.5. The number of carbonyl (C=O) groups is 3. The van der Waals surface area contributed by atoms with E-state index in [9.17, 15) is 22.8 Å². The molecule has 1 atom stereocenters. The minimum absolute atomic E-state index is 0.0316. The Kier molecular flexibility index (Phi) is 12.1. The molecule has 0 bridgehead atoms. The molecule has 2 amide bonds. The first-order valence-electron chi connectivity index (χ1n) is 11.6. The molecule has 208 valence electrons. The monoisotopic (exact) mass is 542 g/mol. The number of hydrogen-bond acceptors (Lipinski definition) is 9. The molecule has 37 heavy (non-hydrogen) atoms. The average Bonchev–Trinajstić information content (AvgIpc) is 2.78. The van der Waals surface area contributed by atoms with Crippen molar-refractivity contribution in [1.29, 1.82) is 0 Å². The molecular weight excluding hydrogens is 504 g/mol. The van der Waals surface area contributed by atoms with Crippen LogP contribution in [0.15, 0.2) is 42.1 Å². The van der Waals surface area contributed by atoms with Gasteiger partial charge >= 0.3 is 18.2 Å². The standard InChI is InChI=1S/C25H38N2O9S/c1-24(2,3)17-35-37(31,32)14-13-19(26-22(29)34-16-18-11-9-8-10-12-18)15-20(21(28)33-7)27-23(30)36-25(4,5)6/h8-12,15,19H,13-14,16-17H2,1-7H3,(H,26,29)(H,27,30)/b20-15-/t19-/m0/s1. The fourth-order valence-corrected chi connectivity index (χ4v) is 3.79. The predicted molar refractivity (Wildman–Crippen MR) is 137 cm³/mol. The summed E-state index contributed by atoms with van der Waals surface area (Å²) in [5.41, 5.74) is -0.841. The van der Waals surface area contributed by atoms with Gasteiger partial charge in [0.25, 0.3) is 10.1 Å². The molecule has 11 nitrogen and oxygen atoms in total. The van der Waals surface area contributed by atoms with Crippen LogP contribution in [-0.4, -0.2) is 57.7 Å². The number of alkyl carbamates (subject to hydrolysis) is 2. The van der Waals surface area contributed by atoms with Gasteiger partial charge in [0.15, 0.2) is 0 Å². The van der Waals surface area contributed by atoms with E-state index in [2.05, 4.69) is 10.6 Å². The molecule has 0 saturated heterocycles. The number of carbonyl (C=O) groups excluding carboxylic acids is 3. The molecule has 0 saturated carbocycles. The summed E-state index contributed by atoms with van der Waals surface area (Å²) in [6.45, 7) is 10.3. The van der Waals surface area contributed by atoms with Crippen molar-refractivity contribution < 1.29 is 41.2 Å². The topological polar surface area (TPSA) is 146 Å². The zero-order chi connectivity index (χ0) is 28.3. The Hall–Kier alpha value is -3.12. The highest BCUT2D eigenvalue weighted by atomic mass is 32.2. The summed E-state index contributed by atoms with van der Waals surface area (Å²) in [6, 6.07) is 7.87. The van der Waals surface area contributed by atoms with E-state index in [0.29, 0.717) is 0 Å². The summed E-state index contributed by atoms with van der Waals surface area (Å²) in [4.78, 5) is 37.0. The van der Waals surface area contributed by atoms with Crippen LogP contribution in [0.1, 0.15) is 53.5 Å². The van der Waals surface area contributed by atoms with Gasteiger partial charge in [-0.2, -0.15) is 8.42 Å². The Bertz CT molecular complexity index is 1040. The van der Waals surface area contributed by atoms with Gasteiger partial charge in [-0.05, 0) is 44.2 Å². The maximum absolute atomic E-state index is 12.5. The van der Waals surface area contributed by atoms with Crippen molar-refractivity contribution >= 4 is 28.3 Å². The molecule has 0 aliphatic rings. The van der Waals surface area contributed by atoms with E-state index in [-0.39, 0.29) is 30.7 Å². The minimum atomic E-state index is -3.96. The van der Waals surface area contributed by atoms with Crippen molar-refractivity contribution in [2.75, 3.05) is 19.5 Å². The van der Waals surface area contributed by atoms with Crippen LogP contribution < -0.4 is 10.6 Å². The number of benzene rings is 1. The second-order valence-corrected chi connectivity index (χ2v) is 12.1. The van der Waals surface area contributed by atoms with Gasteiger partial charge in [0.05, 0.1) is 25.5 Å². The zero-order valence-electron chi connectivity index (χ0n) is 22.5. The van der Waals surface area contributed by atoms with Crippen molar-refractivity contribution in [3.63, 3.8) is 0 Å². The second-order valence-electron chi connectivity index (χ2n) is 10.4. The van der Waals surface area contributed by atoms with Crippen molar-refractivity contribution in [3.05, 3.63) is 47.7 Å². The molecule has 0 aromatic heterocycles. The first kappa shape index (κ1) is 31.9. The highest BCUT2D eigenvalue weighted by Crippen LogP contribution is 2.16. The highest BCUT2D eigenvalue weighted by molar-refractivity contribution is 7.86. The number of methoxy groups -OCH3 is 1. The summed E-state index contributed by atoms with van der Waals surface area (Å²) in [7, 11) is -2.85. The lowest BCUT2D eigenvalue weighted by Crippen LogP contribution is -2.39. The number of amides is 2. The smallest absolute Gasteiger partial charge is 0.412 e. The SMILES string of the molecule is COC(=O)/C(=C/[C@H](CCS(=O)(=O)OCC(C)(C)C)NC(=O)OCc1ccccc1)NC(=O)OC(C)(C)C. The molecule has 1 rings (SSSR count). The predicted octanol–water partition coefficient (Wildman–Crippen LogP) is 3.65. The van der Waals surface area contributed by atoms with Crippen molar-refractivity contribution in [3.8, 4) is 0 Å². The minimum Gasteiger partial charge on any atom is -0.464 e. The van der Waals surface area contributed by atoms with E-state index in [4.69, 9.17) is 18.4 Å². The Balaban J connectivity index is 3.08. The Morgan fingerprint density at radius 2 is 1.62 bits per heavy atom. The Morgan fingerprint density at radius 3 is 2.16 bits per heavy atom. The Labute approximate surface area is 219 Å². The largest absolute Gasteiger partial charge is 0.464 e. The number of hydrogen-bond donors (Lipinski definition) is 2. The maximum Gasteiger partial charge on any atom is 0.412 e. The van der Waals surface area contributed by atoms with Gasteiger partial charge in [-0.25, -0.2) is 14.4 Å². The van der Waals surface area contributed by atoms with Crippen molar-refractivity contribution in [1.82, 2.24) is 10.6 Å². The van der Waals surface area contributed by atoms with Crippen LogP contribution >= 0.6 is 0 Å². The van der Waals surface area contributed by atoms with Crippen molar-refractivity contribution in [2.24, 2.45) is 5.41 Å². The fraction of sp³-hybridized carbons (Fsp3) is 0.560. The van der Waals surface area contributed by atoms with E-state index in [0.717, 1.165) is 12.7 Å². The first-order chi connectivity index (χ1) is 17.0. The summed E-state index contributed by atoms with van der Waals surface area (Å²) >= 11 is 0. The van der Waals surface area contributed by atoms with Gasteiger partial charge < -0.3 is 19.5 Å². The number of nitrogens with one attached hydrogen (secondary N) is 2. The molecule has 0 fully saturated rings. The molecule has 0 unspecified atom stereocenters. The van der Waals surface area contributed by atoms with E-state index in [1.165, 1.54) is 6.08 Å². The third-order valence-corrected chi connectivity index (χ3v) is 5.49. The van der Waals surface area contributed by atoms with Crippen LogP contribution in [0.25, 0.3) is 0 Å². The van der Waals surface area contributed by atoms with Crippen LogP contribution in [-0.2, 0) is 39.9 Å². The lowest BCUT2D eigenvalue weighted by molar-refractivity contribution is -0.136. The zero-order valence-corrected chi connectivity index (χ0v) is 23.3. The van der Waals surface area contributed by atoms with Crippen molar-refractivity contribution in [2.45, 2.75) is 66.2 Å². The second kappa shape index (κ2) is 14.0. The van der Waals surface area contributed by atoms with Gasteiger partial charge in [0.2, 0.25) is 0 Å². The molecule has 0 aliphatic carbocycles. The molecule has 12 heteroatoms. The lowest BCUT2D eigenvalue weighted by Gasteiger charge is -2.21. The van der Waals surface area contributed by atoms with Gasteiger partial charge in [-0.1, -0.05) is 51.1 Å². The number of esters is 1. The van der Waals surface area contributed by atoms with Gasteiger partial charge in [-0.15, -0.1) is 0 Å². The van der Waals surface area contributed by atoms with E-state index in [1.54, 1.807) is 45.0 Å².